The number of benzene rings is 1. The Labute approximate surface area is 160 Å². The zero-order chi connectivity index (χ0) is 19.4. The number of alkyl carbamates (subject to hydrolysis) is 1. The monoisotopic (exact) mass is 376 g/mol. The first-order valence-corrected chi connectivity index (χ1v) is 9.49. The Bertz CT molecular complexity index is 685. The highest BCUT2D eigenvalue weighted by atomic mass is 16.6. The van der Waals surface area contributed by atoms with Gasteiger partial charge in [-0.2, -0.15) is 0 Å². The summed E-state index contributed by atoms with van der Waals surface area (Å²) in [5.74, 6) is 1.14. The molecule has 2 heterocycles. The van der Waals surface area contributed by atoms with Gasteiger partial charge in [0.15, 0.2) is 11.5 Å². The van der Waals surface area contributed by atoms with Crippen molar-refractivity contribution in [3.63, 3.8) is 0 Å². The molecule has 0 radical (unpaired) electrons. The van der Waals surface area contributed by atoms with E-state index < -0.39 is 17.8 Å². The Morgan fingerprint density at radius 1 is 1.22 bits per heavy atom. The van der Waals surface area contributed by atoms with Gasteiger partial charge in [0.25, 0.3) is 5.91 Å². The Kier molecular flexibility index (Phi) is 5.77. The number of nitrogens with zero attached hydrogens (tertiary/aromatic N) is 1. The van der Waals surface area contributed by atoms with Crippen molar-refractivity contribution in [2.45, 2.75) is 57.8 Å². The molecule has 27 heavy (non-hydrogen) atoms. The van der Waals surface area contributed by atoms with Gasteiger partial charge in [0.2, 0.25) is 6.10 Å². The van der Waals surface area contributed by atoms with E-state index in [1.807, 2.05) is 43.9 Å². The number of rotatable bonds is 3. The predicted octanol–water partition coefficient (Wildman–Crippen LogP) is 2.73. The van der Waals surface area contributed by atoms with Crippen LogP contribution >= 0.6 is 0 Å². The summed E-state index contributed by atoms with van der Waals surface area (Å²) < 4.78 is 16.8. The quantitative estimate of drug-likeness (QED) is 0.878. The fourth-order valence-corrected chi connectivity index (χ4v) is 3.34. The van der Waals surface area contributed by atoms with Gasteiger partial charge in [0.1, 0.15) is 12.2 Å². The van der Waals surface area contributed by atoms with Gasteiger partial charge in [-0.05, 0) is 52.2 Å². The molecule has 2 aliphatic rings. The molecule has 7 heteroatoms. The summed E-state index contributed by atoms with van der Waals surface area (Å²) in [4.78, 5) is 26.8. The zero-order valence-corrected chi connectivity index (χ0v) is 16.2. The second-order valence-electron chi connectivity index (χ2n) is 7.93. The molecule has 0 aromatic heterocycles. The van der Waals surface area contributed by atoms with Crippen LogP contribution in [-0.2, 0) is 9.53 Å². The van der Waals surface area contributed by atoms with Gasteiger partial charge in [0.05, 0.1) is 0 Å². The van der Waals surface area contributed by atoms with E-state index >= 15 is 0 Å². The van der Waals surface area contributed by atoms with Crippen LogP contribution in [-0.4, -0.2) is 54.3 Å². The van der Waals surface area contributed by atoms with Crippen LogP contribution in [0, 0.1) is 0 Å². The fourth-order valence-electron chi connectivity index (χ4n) is 3.34. The number of ether oxygens (including phenoxy) is 3. The average Bonchev–Trinajstić information content (AvgIpc) is 2.64. The summed E-state index contributed by atoms with van der Waals surface area (Å²) in [5, 5.41) is 2.79. The van der Waals surface area contributed by atoms with Crippen LogP contribution in [0.25, 0.3) is 0 Å². The SMILES string of the molecule is CC(C)(C)OC(=O)NCC1CCCCN1C(=O)C1COc2ccccc2O1. The van der Waals surface area contributed by atoms with Crippen LogP contribution in [0.4, 0.5) is 4.79 Å². The lowest BCUT2D eigenvalue weighted by Gasteiger charge is -2.38. The van der Waals surface area contributed by atoms with Crippen LogP contribution in [0.2, 0.25) is 0 Å². The van der Waals surface area contributed by atoms with Crippen molar-refractivity contribution in [3.8, 4) is 11.5 Å². The van der Waals surface area contributed by atoms with Crippen molar-refractivity contribution < 1.29 is 23.8 Å². The van der Waals surface area contributed by atoms with Gasteiger partial charge < -0.3 is 24.4 Å². The van der Waals surface area contributed by atoms with Gasteiger partial charge in [0, 0.05) is 19.1 Å². The highest BCUT2D eigenvalue weighted by molar-refractivity contribution is 5.82. The number of amides is 2. The molecule has 7 nitrogen and oxygen atoms in total. The van der Waals surface area contributed by atoms with E-state index in [0.29, 0.717) is 24.6 Å². The third-order valence-corrected chi connectivity index (χ3v) is 4.58. The second-order valence-corrected chi connectivity index (χ2v) is 7.93. The first-order chi connectivity index (χ1) is 12.8. The maximum atomic E-state index is 13.0. The van der Waals surface area contributed by atoms with Crippen molar-refractivity contribution in [2.24, 2.45) is 0 Å². The van der Waals surface area contributed by atoms with E-state index in [2.05, 4.69) is 5.32 Å². The molecule has 0 spiro atoms. The highest BCUT2D eigenvalue weighted by Gasteiger charge is 2.35. The van der Waals surface area contributed by atoms with E-state index in [4.69, 9.17) is 14.2 Å². The number of nitrogens with one attached hydrogen (secondary N) is 1. The summed E-state index contributed by atoms with van der Waals surface area (Å²) in [7, 11) is 0. The largest absolute Gasteiger partial charge is 0.485 e. The number of para-hydroxylation sites is 2. The summed E-state index contributed by atoms with van der Waals surface area (Å²) in [6, 6.07) is 7.27. The van der Waals surface area contributed by atoms with Crippen molar-refractivity contribution in [2.75, 3.05) is 19.7 Å². The van der Waals surface area contributed by atoms with E-state index in [-0.39, 0.29) is 18.6 Å². The maximum absolute atomic E-state index is 13.0. The molecule has 1 aromatic carbocycles. The minimum Gasteiger partial charge on any atom is -0.485 e. The molecule has 2 aliphatic heterocycles. The molecular weight excluding hydrogens is 348 g/mol. The van der Waals surface area contributed by atoms with Gasteiger partial charge in [-0.3, -0.25) is 4.79 Å². The molecule has 0 bridgehead atoms. The van der Waals surface area contributed by atoms with Crippen molar-refractivity contribution in [3.05, 3.63) is 24.3 Å². The molecule has 2 atom stereocenters. The molecular formula is C20H28N2O5. The number of carbonyl (C=O) groups is 2. The Balaban J connectivity index is 1.60. The lowest BCUT2D eigenvalue weighted by molar-refractivity contribution is -0.145. The number of fused-ring (bicyclic) bond motifs is 1. The second kappa shape index (κ2) is 8.06. The molecule has 0 saturated carbocycles. The van der Waals surface area contributed by atoms with Gasteiger partial charge in [-0.1, -0.05) is 12.1 Å². The first-order valence-electron chi connectivity index (χ1n) is 9.49. The minimum absolute atomic E-state index is 0.0699. The van der Waals surface area contributed by atoms with Gasteiger partial charge >= 0.3 is 6.09 Å². The van der Waals surface area contributed by atoms with Crippen LogP contribution < -0.4 is 14.8 Å². The van der Waals surface area contributed by atoms with Crippen LogP contribution in [0.5, 0.6) is 11.5 Å². The normalized spacial score (nSPS) is 22.1. The number of piperidine rings is 1. The van der Waals surface area contributed by atoms with Crippen molar-refractivity contribution in [1.82, 2.24) is 10.2 Å². The third kappa shape index (κ3) is 5.05. The molecule has 0 aliphatic carbocycles. The number of carbonyl (C=O) groups excluding carboxylic acids is 2. The Hall–Kier alpha value is -2.44. The van der Waals surface area contributed by atoms with Crippen molar-refractivity contribution >= 4 is 12.0 Å². The predicted molar refractivity (Wildman–Crippen MR) is 99.9 cm³/mol. The summed E-state index contributed by atoms with van der Waals surface area (Å²) >= 11 is 0. The summed E-state index contributed by atoms with van der Waals surface area (Å²) in [6.45, 7) is 6.67. The van der Waals surface area contributed by atoms with Gasteiger partial charge in [-0.25, -0.2) is 4.79 Å². The van der Waals surface area contributed by atoms with Gasteiger partial charge in [-0.15, -0.1) is 0 Å². The molecule has 1 N–H and O–H groups in total. The molecule has 148 valence electrons. The van der Waals surface area contributed by atoms with Crippen LogP contribution in [0.3, 0.4) is 0 Å². The lowest BCUT2D eigenvalue weighted by atomic mass is 10.0. The number of likely N-dealkylation sites (tertiary alicyclic amines) is 1. The van der Waals surface area contributed by atoms with Crippen LogP contribution in [0.15, 0.2) is 24.3 Å². The topological polar surface area (TPSA) is 77.1 Å². The standard InChI is InChI=1S/C20H28N2O5/c1-20(2,3)27-19(24)21-12-14-8-6-7-11-22(14)18(23)17-13-25-15-9-4-5-10-16(15)26-17/h4-5,9-10,14,17H,6-8,11-13H2,1-3H3,(H,21,24). The molecule has 1 saturated heterocycles. The lowest BCUT2D eigenvalue weighted by Crippen LogP contribution is -2.55. The molecule has 1 aromatic rings. The Morgan fingerprint density at radius 3 is 2.70 bits per heavy atom. The highest BCUT2D eigenvalue weighted by Crippen LogP contribution is 2.32. The van der Waals surface area contributed by atoms with E-state index in [1.54, 1.807) is 6.07 Å². The molecule has 3 rings (SSSR count). The third-order valence-electron chi connectivity index (χ3n) is 4.58. The zero-order valence-electron chi connectivity index (χ0n) is 16.2. The van der Waals surface area contributed by atoms with E-state index in [1.165, 1.54) is 0 Å². The van der Waals surface area contributed by atoms with E-state index in [9.17, 15) is 9.59 Å². The summed E-state index contributed by atoms with van der Waals surface area (Å²) in [6.07, 6.45) is 1.67. The minimum atomic E-state index is -0.665. The molecule has 1 fully saturated rings. The maximum Gasteiger partial charge on any atom is 0.407 e. The molecule has 2 unspecified atom stereocenters. The smallest absolute Gasteiger partial charge is 0.407 e. The fraction of sp³-hybridized carbons (Fsp3) is 0.600. The van der Waals surface area contributed by atoms with Crippen molar-refractivity contribution in [1.29, 1.82) is 0 Å². The molecule has 2 amide bonds. The number of hydrogen-bond acceptors (Lipinski definition) is 5. The number of hydrogen-bond donors (Lipinski definition) is 1. The Morgan fingerprint density at radius 2 is 1.96 bits per heavy atom. The average molecular weight is 376 g/mol. The van der Waals surface area contributed by atoms with Crippen LogP contribution in [0.1, 0.15) is 40.0 Å². The first kappa shape index (κ1) is 19.3. The van der Waals surface area contributed by atoms with E-state index in [0.717, 1.165) is 19.3 Å². The summed E-state index contributed by atoms with van der Waals surface area (Å²) in [5.41, 5.74) is -0.549.